The number of ether oxygens (including phenoxy) is 2. The zero-order valence-corrected chi connectivity index (χ0v) is 16.7. The Bertz CT molecular complexity index is 807. The molecule has 0 bridgehead atoms. The fourth-order valence-electron chi connectivity index (χ4n) is 3.92. The third kappa shape index (κ3) is 3.86. The van der Waals surface area contributed by atoms with E-state index >= 15 is 0 Å². The van der Waals surface area contributed by atoms with Crippen LogP contribution in [-0.4, -0.2) is 26.2 Å². The molecule has 0 atom stereocenters. The lowest BCUT2D eigenvalue weighted by atomic mass is 9.70. The molecular formula is C23H29NO3. The van der Waals surface area contributed by atoms with Crippen LogP contribution in [-0.2, 0) is 14.9 Å². The summed E-state index contributed by atoms with van der Waals surface area (Å²) in [5, 5.41) is 3.14. The molecule has 0 spiro atoms. The summed E-state index contributed by atoms with van der Waals surface area (Å²) >= 11 is 0. The Morgan fingerprint density at radius 3 is 2.52 bits per heavy atom. The minimum absolute atomic E-state index is 0.0149. The number of nitrogens with one attached hydrogen (secondary N) is 1. The molecule has 144 valence electrons. The second kappa shape index (κ2) is 8.13. The average Bonchev–Trinajstić information content (AvgIpc) is 2.69. The highest BCUT2D eigenvalue weighted by molar-refractivity contribution is 6.00. The van der Waals surface area contributed by atoms with E-state index in [1.807, 2.05) is 37.3 Å². The molecule has 0 aromatic heterocycles. The van der Waals surface area contributed by atoms with Crippen molar-refractivity contribution in [2.45, 2.75) is 44.9 Å². The number of aryl methyl sites for hydroxylation is 1. The van der Waals surface area contributed by atoms with E-state index in [9.17, 15) is 4.79 Å². The third-order valence-corrected chi connectivity index (χ3v) is 5.48. The SMILES string of the molecule is COc1cc(C)ccc1NC(=O)C1(c2ccccc2C(C)C)CCOCC1. The Labute approximate surface area is 161 Å². The number of amides is 1. The zero-order valence-electron chi connectivity index (χ0n) is 16.7. The molecule has 1 aliphatic heterocycles. The van der Waals surface area contributed by atoms with E-state index < -0.39 is 5.41 Å². The maximum absolute atomic E-state index is 13.6. The molecule has 3 rings (SSSR count). The first kappa shape index (κ1) is 19.4. The molecule has 1 amide bonds. The molecule has 2 aromatic rings. The van der Waals surface area contributed by atoms with Gasteiger partial charge in [0, 0.05) is 13.2 Å². The van der Waals surface area contributed by atoms with E-state index in [2.05, 4.69) is 31.3 Å². The second-order valence-corrected chi connectivity index (χ2v) is 7.59. The van der Waals surface area contributed by atoms with Crippen LogP contribution in [0.5, 0.6) is 5.75 Å². The van der Waals surface area contributed by atoms with Gasteiger partial charge in [-0.1, -0.05) is 44.2 Å². The van der Waals surface area contributed by atoms with Crippen molar-refractivity contribution in [2.24, 2.45) is 0 Å². The van der Waals surface area contributed by atoms with Crippen LogP contribution >= 0.6 is 0 Å². The maximum atomic E-state index is 13.6. The fourth-order valence-corrected chi connectivity index (χ4v) is 3.92. The summed E-state index contributed by atoms with van der Waals surface area (Å²) in [7, 11) is 1.63. The van der Waals surface area contributed by atoms with Crippen molar-refractivity contribution in [3.8, 4) is 5.75 Å². The number of carbonyl (C=O) groups is 1. The van der Waals surface area contributed by atoms with Crippen LogP contribution in [0.3, 0.4) is 0 Å². The van der Waals surface area contributed by atoms with Gasteiger partial charge in [-0.25, -0.2) is 0 Å². The van der Waals surface area contributed by atoms with Crippen molar-refractivity contribution >= 4 is 11.6 Å². The van der Waals surface area contributed by atoms with Crippen LogP contribution < -0.4 is 10.1 Å². The Balaban J connectivity index is 2.02. The lowest BCUT2D eigenvalue weighted by Gasteiger charge is -2.38. The summed E-state index contributed by atoms with van der Waals surface area (Å²) in [5.41, 5.74) is 3.56. The predicted octanol–water partition coefficient (Wildman–Crippen LogP) is 4.81. The first-order valence-electron chi connectivity index (χ1n) is 9.61. The van der Waals surface area contributed by atoms with Crippen molar-refractivity contribution in [1.82, 2.24) is 0 Å². The standard InChI is InChI=1S/C23H29NO3/c1-16(2)18-7-5-6-8-19(18)23(11-13-27-14-12-23)22(25)24-20-10-9-17(3)15-21(20)26-4/h5-10,15-16H,11-14H2,1-4H3,(H,24,25). The van der Waals surface area contributed by atoms with Gasteiger partial charge in [0.2, 0.25) is 5.91 Å². The van der Waals surface area contributed by atoms with Crippen molar-refractivity contribution < 1.29 is 14.3 Å². The van der Waals surface area contributed by atoms with E-state index in [4.69, 9.17) is 9.47 Å². The zero-order chi connectivity index (χ0) is 19.4. The van der Waals surface area contributed by atoms with Gasteiger partial charge in [0.15, 0.2) is 0 Å². The van der Waals surface area contributed by atoms with E-state index in [0.29, 0.717) is 43.4 Å². The number of anilines is 1. The van der Waals surface area contributed by atoms with Gasteiger partial charge >= 0.3 is 0 Å². The Morgan fingerprint density at radius 1 is 1.15 bits per heavy atom. The molecule has 1 aliphatic rings. The molecule has 0 aliphatic carbocycles. The number of methoxy groups -OCH3 is 1. The minimum atomic E-state index is -0.588. The first-order valence-corrected chi connectivity index (χ1v) is 9.61. The van der Waals surface area contributed by atoms with E-state index in [1.54, 1.807) is 7.11 Å². The fraction of sp³-hybridized carbons (Fsp3) is 0.435. The highest BCUT2D eigenvalue weighted by Crippen LogP contribution is 2.40. The van der Waals surface area contributed by atoms with Gasteiger partial charge in [-0.3, -0.25) is 4.79 Å². The topological polar surface area (TPSA) is 47.6 Å². The van der Waals surface area contributed by atoms with Crippen molar-refractivity contribution in [3.05, 3.63) is 59.2 Å². The lowest BCUT2D eigenvalue weighted by Crippen LogP contribution is -2.45. The Morgan fingerprint density at radius 2 is 1.85 bits per heavy atom. The highest BCUT2D eigenvalue weighted by Gasteiger charge is 2.43. The van der Waals surface area contributed by atoms with Gasteiger partial charge in [0.05, 0.1) is 18.2 Å². The van der Waals surface area contributed by atoms with Gasteiger partial charge < -0.3 is 14.8 Å². The molecule has 1 heterocycles. The van der Waals surface area contributed by atoms with Crippen LogP contribution in [0.1, 0.15) is 49.3 Å². The van der Waals surface area contributed by atoms with Crippen LogP contribution in [0, 0.1) is 6.92 Å². The van der Waals surface area contributed by atoms with Crippen molar-refractivity contribution in [2.75, 3.05) is 25.6 Å². The molecule has 0 unspecified atom stereocenters. The molecular weight excluding hydrogens is 338 g/mol. The molecule has 0 radical (unpaired) electrons. The Hall–Kier alpha value is -2.33. The summed E-state index contributed by atoms with van der Waals surface area (Å²) in [6.07, 6.45) is 1.35. The summed E-state index contributed by atoms with van der Waals surface area (Å²) in [4.78, 5) is 13.6. The normalized spacial score (nSPS) is 16.2. The number of carbonyl (C=O) groups excluding carboxylic acids is 1. The molecule has 27 heavy (non-hydrogen) atoms. The van der Waals surface area contributed by atoms with Gasteiger partial charge in [-0.2, -0.15) is 0 Å². The molecule has 1 fully saturated rings. The quantitative estimate of drug-likeness (QED) is 0.825. The summed E-state index contributed by atoms with van der Waals surface area (Å²) < 4.78 is 11.1. The minimum Gasteiger partial charge on any atom is -0.495 e. The van der Waals surface area contributed by atoms with Gasteiger partial charge in [-0.05, 0) is 54.5 Å². The summed E-state index contributed by atoms with van der Waals surface area (Å²) in [6, 6.07) is 14.1. The van der Waals surface area contributed by atoms with Gasteiger partial charge in [0.1, 0.15) is 5.75 Å². The van der Waals surface area contributed by atoms with Crippen LogP contribution in [0.2, 0.25) is 0 Å². The maximum Gasteiger partial charge on any atom is 0.235 e. The summed E-state index contributed by atoms with van der Waals surface area (Å²) in [5.74, 6) is 1.05. The van der Waals surface area contributed by atoms with Gasteiger partial charge in [-0.15, -0.1) is 0 Å². The molecule has 2 aromatic carbocycles. The molecule has 4 nitrogen and oxygen atoms in total. The average molecular weight is 367 g/mol. The van der Waals surface area contributed by atoms with Crippen LogP contribution in [0.15, 0.2) is 42.5 Å². The molecule has 1 saturated heterocycles. The first-order chi connectivity index (χ1) is 13.0. The van der Waals surface area contributed by atoms with Gasteiger partial charge in [0.25, 0.3) is 0 Å². The highest BCUT2D eigenvalue weighted by atomic mass is 16.5. The Kier molecular flexibility index (Phi) is 5.85. The predicted molar refractivity (Wildman–Crippen MR) is 109 cm³/mol. The van der Waals surface area contributed by atoms with E-state index in [0.717, 1.165) is 11.1 Å². The van der Waals surface area contributed by atoms with E-state index in [-0.39, 0.29) is 5.91 Å². The smallest absolute Gasteiger partial charge is 0.235 e. The van der Waals surface area contributed by atoms with Crippen molar-refractivity contribution in [1.29, 1.82) is 0 Å². The van der Waals surface area contributed by atoms with Crippen molar-refractivity contribution in [3.63, 3.8) is 0 Å². The number of hydrogen-bond donors (Lipinski definition) is 1. The molecule has 0 saturated carbocycles. The second-order valence-electron chi connectivity index (χ2n) is 7.59. The summed E-state index contributed by atoms with van der Waals surface area (Å²) in [6.45, 7) is 7.53. The molecule has 4 heteroatoms. The lowest BCUT2D eigenvalue weighted by molar-refractivity contribution is -0.125. The largest absolute Gasteiger partial charge is 0.495 e. The number of rotatable bonds is 5. The number of benzene rings is 2. The van der Waals surface area contributed by atoms with E-state index in [1.165, 1.54) is 5.56 Å². The molecule has 1 N–H and O–H groups in total. The van der Waals surface area contributed by atoms with Crippen LogP contribution in [0.25, 0.3) is 0 Å². The monoisotopic (exact) mass is 367 g/mol. The third-order valence-electron chi connectivity index (χ3n) is 5.48. The number of hydrogen-bond acceptors (Lipinski definition) is 3. The van der Waals surface area contributed by atoms with Crippen LogP contribution in [0.4, 0.5) is 5.69 Å².